The van der Waals surface area contributed by atoms with Crippen LogP contribution in [0, 0.1) is 5.92 Å². The molecule has 4 heterocycles. The predicted octanol–water partition coefficient (Wildman–Crippen LogP) is 5.15. The van der Waals surface area contributed by atoms with Gasteiger partial charge in [0, 0.05) is 33.1 Å². The molecule has 15 atom stereocenters. The number of rotatable bonds is 22. The number of carboxylic acid groups (broad SMARTS) is 3. The third-order valence-corrected chi connectivity index (χ3v) is 15.9. The standard InChI is InChI=1S/2C15H21NO4.C14H18O3.C13H16O6.C13H16O5/c2*1-11(18)16-14-10-19-13(8-17)7-15(14)20-9-12-5-3-2-4-6-12;15-14(16)12-7-4-8-13(9-12)17-10-11-5-2-1-3-6-11;14-9-7-19-12(13(16)17)10(15)11(9)18-6-8-4-2-1-3-5-8;14-10-8-18-12(13(15)16)6-11(10)17-7-9-4-2-1-3-5-9/h2*2-6,13-15,17H,7-10H2,1H3,(H,16,18);1-3,5-6,12-13H,4,7-10H2,(H,15,16);1-5,9-12,14-15H,6-7H2,(H,16,17);1-5,10-12,14H,6-8H2,(H,15,16)/t2*13?,14?,15-;12?,13-;9?,10-,11-,12?;10?,11-,12?/m11001/s1. The Morgan fingerprint density at radius 3 is 1.21 bits per heavy atom. The topological polar surface area (TPSA) is 354 Å². The molecular weight excluding hydrogens is 1220 g/mol. The molecule has 514 valence electrons. The van der Waals surface area contributed by atoms with Crippen LogP contribution in [-0.2, 0) is 99.6 Å². The van der Waals surface area contributed by atoms with Gasteiger partial charge in [0.1, 0.15) is 24.4 Å². The molecule has 5 fully saturated rings. The summed E-state index contributed by atoms with van der Waals surface area (Å²) in [5, 5.41) is 80.1. The van der Waals surface area contributed by atoms with Gasteiger partial charge in [0.2, 0.25) is 11.8 Å². The minimum atomic E-state index is -1.40. The van der Waals surface area contributed by atoms with Crippen LogP contribution >= 0.6 is 0 Å². The van der Waals surface area contributed by atoms with E-state index >= 15 is 0 Å². The van der Waals surface area contributed by atoms with E-state index in [1.165, 1.54) is 13.8 Å². The largest absolute Gasteiger partial charge is 0.481 e. The van der Waals surface area contributed by atoms with Crippen molar-refractivity contribution in [3.8, 4) is 0 Å². The summed E-state index contributed by atoms with van der Waals surface area (Å²) in [6, 6.07) is 48.2. The molecule has 2 amide bonds. The van der Waals surface area contributed by atoms with Crippen LogP contribution in [0.5, 0.6) is 0 Å². The molecule has 1 saturated carbocycles. The van der Waals surface area contributed by atoms with E-state index in [4.69, 9.17) is 58.0 Å². The Morgan fingerprint density at radius 2 is 0.830 bits per heavy atom. The third kappa shape index (κ3) is 27.3. The maximum absolute atomic E-state index is 11.2. The molecule has 5 aromatic rings. The highest BCUT2D eigenvalue weighted by molar-refractivity contribution is 5.74. The van der Waals surface area contributed by atoms with Gasteiger partial charge in [-0.15, -0.1) is 0 Å². The maximum Gasteiger partial charge on any atom is 0.335 e. The monoisotopic (exact) mass is 1310 g/mol. The van der Waals surface area contributed by atoms with Gasteiger partial charge in [-0.3, -0.25) is 14.4 Å². The zero-order chi connectivity index (χ0) is 67.6. The van der Waals surface area contributed by atoms with Crippen molar-refractivity contribution in [2.24, 2.45) is 5.92 Å². The first-order valence-corrected chi connectivity index (χ1v) is 31.6. The van der Waals surface area contributed by atoms with Gasteiger partial charge in [-0.25, -0.2) is 9.59 Å². The van der Waals surface area contributed by atoms with Crippen molar-refractivity contribution < 1.29 is 107 Å². The van der Waals surface area contributed by atoms with Crippen LogP contribution in [0.15, 0.2) is 152 Å². The molecule has 9 unspecified atom stereocenters. The fourth-order valence-electron chi connectivity index (χ4n) is 10.8. The Labute approximate surface area is 548 Å². The van der Waals surface area contributed by atoms with Crippen LogP contribution in [0.2, 0.25) is 0 Å². The normalized spacial score (nSPS) is 27.2. The highest BCUT2D eigenvalue weighted by Gasteiger charge is 2.43. The molecule has 0 bridgehead atoms. The molecule has 24 nitrogen and oxygen atoms in total. The Kier molecular flexibility index (Phi) is 33.6. The molecule has 0 radical (unpaired) electrons. The van der Waals surface area contributed by atoms with Crippen LogP contribution in [0.1, 0.15) is 86.6 Å². The third-order valence-electron chi connectivity index (χ3n) is 15.9. The highest BCUT2D eigenvalue weighted by atomic mass is 16.6. The summed E-state index contributed by atoms with van der Waals surface area (Å²) in [5.74, 6) is -3.39. The number of nitrogens with one attached hydrogen (secondary N) is 2. The second kappa shape index (κ2) is 41.7. The lowest BCUT2D eigenvalue weighted by Crippen LogP contribution is -2.56. The summed E-state index contributed by atoms with van der Waals surface area (Å²) in [6.07, 6.45) is -2.89. The van der Waals surface area contributed by atoms with Crippen molar-refractivity contribution in [2.45, 2.75) is 177 Å². The smallest absolute Gasteiger partial charge is 0.335 e. The fourth-order valence-corrected chi connectivity index (χ4v) is 10.8. The molecule has 24 heteroatoms. The number of ether oxygens (including phenoxy) is 9. The number of benzene rings is 5. The van der Waals surface area contributed by atoms with Gasteiger partial charge in [-0.05, 0) is 47.1 Å². The fraction of sp³-hybridized carbons (Fsp3) is 0.500. The van der Waals surface area contributed by atoms with Gasteiger partial charge in [0.15, 0.2) is 12.2 Å². The number of hydrogen-bond donors (Lipinski definition) is 10. The highest BCUT2D eigenvalue weighted by Crippen LogP contribution is 2.28. The Balaban J connectivity index is 0.000000186. The van der Waals surface area contributed by atoms with Crippen molar-refractivity contribution in [2.75, 3.05) is 39.6 Å². The summed E-state index contributed by atoms with van der Waals surface area (Å²) in [5.41, 5.74) is 5.18. The number of carbonyl (C=O) groups is 5. The van der Waals surface area contributed by atoms with E-state index in [9.17, 15) is 49.5 Å². The lowest BCUT2D eigenvalue weighted by molar-refractivity contribution is -0.215. The van der Waals surface area contributed by atoms with E-state index in [2.05, 4.69) is 10.6 Å². The molecule has 5 aromatic carbocycles. The van der Waals surface area contributed by atoms with E-state index in [-0.39, 0.29) is 99.8 Å². The van der Waals surface area contributed by atoms with E-state index in [0.717, 1.165) is 47.1 Å². The number of carboxylic acids is 3. The average Bonchev–Trinajstić information content (AvgIpc) is 0.947. The van der Waals surface area contributed by atoms with E-state index in [1.54, 1.807) is 0 Å². The first-order valence-electron chi connectivity index (χ1n) is 31.6. The van der Waals surface area contributed by atoms with Gasteiger partial charge < -0.3 is 94.1 Å². The lowest BCUT2D eigenvalue weighted by atomic mass is 9.87. The second-order valence-electron chi connectivity index (χ2n) is 23.4. The van der Waals surface area contributed by atoms with E-state index in [0.29, 0.717) is 58.9 Å². The Morgan fingerprint density at radius 1 is 0.436 bits per heavy atom. The first kappa shape index (κ1) is 75.9. The van der Waals surface area contributed by atoms with E-state index in [1.807, 2.05) is 152 Å². The quantitative estimate of drug-likeness (QED) is 0.0428. The number of aliphatic carboxylic acids is 3. The summed E-state index contributed by atoms with van der Waals surface area (Å²) < 4.78 is 49.4. The first-order chi connectivity index (χ1) is 45.4. The van der Waals surface area contributed by atoms with Gasteiger partial charge in [0.25, 0.3) is 0 Å². The SMILES string of the molecule is CC(=O)NC1COC(CO)C[C@H]1OCc1ccccc1.CC(=O)NC1COC(CO)C[C@H]1OCc1ccccc1.O=C(O)C1CCC[C@H](OCc2ccccc2)C1.O=C(O)C1C[C@@H](OCc2ccccc2)C(O)CO1.O=C(O)C1OCC(O)[C@H](OCc2ccccc2)[C@@H]1O. The van der Waals surface area contributed by atoms with Gasteiger partial charge in [-0.1, -0.05) is 158 Å². The number of hydrogen-bond acceptors (Lipinski definition) is 19. The molecule has 0 aromatic heterocycles. The van der Waals surface area contributed by atoms with Crippen LogP contribution in [0.3, 0.4) is 0 Å². The number of carbonyl (C=O) groups excluding carboxylic acids is 2. The summed E-state index contributed by atoms with van der Waals surface area (Å²) >= 11 is 0. The molecule has 1 aliphatic carbocycles. The number of aliphatic hydroxyl groups excluding tert-OH is 5. The van der Waals surface area contributed by atoms with Crippen molar-refractivity contribution in [1.82, 2.24) is 10.6 Å². The Hall–Kier alpha value is -7.11. The average molecular weight is 1310 g/mol. The minimum absolute atomic E-state index is 0.00355. The molecule has 5 aliphatic rings. The van der Waals surface area contributed by atoms with Crippen molar-refractivity contribution in [1.29, 1.82) is 0 Å². The maximum atomic E-state index is 11.2. The zero-order valence-corrected chi connectivity index (χ0v) is 53.1. The van der Waals surface area contributed by atoms with Crippen molar-refractivity contribution in [3.05, 3.63) is 179 Å². The molecule has 10 rings (SSSR count). The van der Waals surface area contributed by atoms with Crippen LogP contribution < -0.4 is 10.6 Å². The molecule has 94 heavy (non-hydrogen) atoms. The van der Waals surface area contributed by atoms with Crippen molar-refractivity contribution in [3.63, 3.8) is 0 Å². The van der Waals surface area contributed by atoms with Crippen LogP contribution in [0.4, 0.5) is 0 Å². The van der Waals surface area contributed by atoms with Gasteiger partial charge in [-0.2, -0.15) is 0 Å². The Bertz CT molecular complexity index is 2860. The predicted molar refractivity (Wildman–Crippen MR) is 340 cm³/mol. The number of aliphatic hydroxyl groups is 5. The summed E-state index contributed by atoms with van der Waals surface area (Å²) in [4.78, 5) is 55.0. The zero-order valence-electron chi connectivity index (χ0n) is 53.1. The van der Waals surface area contributed by atoms with E-state index < -0.39 is 60.6 Å². The van der Waals surface area contributed by atoms with Gasteiger partial charge in [0.05, 0.1) is 127 Å². The lowest BCUT2D eigenvalue weighted by Gasteiger charge is -2.35. The minimum Gasteiger partial charge on any atom is -0.481 e. The van der Waals surface area contributed by atoms with Gasteiger partial charge >= 0.3 is 17.9 Å². The number of amides is 2. The summed E-state index contributed by atoms with van der Waals surface area (Å²) in [6.45, 7) is 5.55. The second-order valence-corrected chi connectivity index (χ2v) is 23.4. The molecule has 10 N–H and O–H groups in total. The summed E-state index contributed by atoms with van der Waals surface area (Å²) in [7, 11) is 0. The molecular formula is C70H92N2O22. The molecule has 4 aliphatic heterocycles. The van der Waals surface area contributed by atoms with Crippen molar-refractivity contribution >= 4 is 29.7 Å². The molecule has 0 spiro atoms. The van der Waals surface area contributed by atoms with Crippen LogP contribution in [0.25, 0.3) is 0 Å². The molecule has 4 saturated heterocycles. The van der Waals surface area contributed by atoms with Crippen LogP contribution in [-0.4, -0.2) is 196 Å².